The van der Waals surface area contributed by atoms with Gasteiger partial charge in [-0.05, 0) is 17.3 Å². The van der Waals surface area contributed by atoms with E-state index in [4.69, 9.17) is 0 Å². The third-order valence-electron chi connectivity index (χ3n) is 1.82. The van der Waals surface area contributed by atoms with Gasteiger partial charge in [-0.25, -0.2) is 13.4 Å². The van der Waals surface area contributed by atoms with E-state index in [1.54, 1.807) is 13.1 Å². The van der Waals surface area contributed by atoms with E-state index in [1.165, 1.54) is 12.3 Å². The van der Waals surface area contributed by atoms with E-state index in [-0.39, 0.29) is 10.0 Å². The molecule has 0 aromatic carbocycles. The molecule has 10 heteroatoms. The number of hydrogen-bond acceptors (Lipinski definition) is 8. The van der Waals surface area contributed by atoms with E-state index >= 15 is 0 Å². The minimum atomic E-state index is -3.68. The van der Waals surface area contributed by atoms with E-state index in [0.717, 1.165) is 11.5 Å². The molecule has 90 valence electrons. The van der Waals surface area contributed by atoms with Gasteiger partial charge in [-0.1, -0.05) is 9.59 Å². The van der Waals surface area contributed by atoms with Crippen LogP contribution in [0.2, 0.25) is 0 Å². The van der Waals surface area contributed by atoms with Gasteiger partial charge in [0.2, 0.25) is 5.13 Å². The van der Waals surface area contributed by atoms with Crippen LogP contribution in [0.5, 0.6) is 0 Å². The fraction of sp³-hybridized carbons (Fsp3) is 0.143. The summed E-state index contributed by atoms with van der Waals surface area (Å²) in [6.45, 7) is 0. The summed E-state index contributed by atoms with van der Waals surface area (Å²) < 4.78 is 29.4. The van der Waals surface area contributed by atoms with Crippen molar-refractivity contribution in [2.75, 3.05) is 17.1 Å². The Balaban J connectivity index is 2.25. The molecule has 2 heterocycles. The Morgan fingerprint density at radius 3 is 2.71 bits per heavy atom. The molecule has 2 rings (SSSR count). The third kappa shape index (κ3) is 2.65. The number of rotatable bonds is 4. The lowest BCUT2D eigenvalue weighted by Gasteiger charge is -2.04. The number of sulfonamides is 1. The van der Waals surface area contributed by atoms with Crippen molar-refractivity contribution in [3.8, 4) is 0 Å². The first-order chi connectivity index (χ1) is 8.12. The summed E-state index contributed by atoms with van der Waals surface area (Å²) in [5.41, 5.74) is 0. The molecule has 0 aliphatic carbocycles. The molecule has 0 saturated heterocycles. The maximum atomic E-state index is 11.8. The van der Waals surface area contributed by atoms with Crippen molar-refractivity contribution in [1.29, 1.82) is 0 Å². The largest absolute Gasteiger partial charge is 0.373 e. The van der Waals surface area contributed by atoms with Crippen LogP contribution in [0, 0.1) is 0 Å². The Morgan fingerprint density at radius 2 is 2.18 bits per heavy atom. The maximum absolute atomic E-state index is 11.8. The molecule has 8 nitrogen and oxygen atoms in total. The van der Waals surface area contributed by atoms with Crippen molar-refractivity contribution >= 4 is 32.5 Å². The maximum Gasteiger partial charge on any atom is 0.265 e. The average Bonchev–Trinajstić information content (AvgIpc) is 2.81. The number of nitrogens with zero attached hydrogens (tertiary/aromatic N) is 4. The van der Waals surface area contributed by atoms with Gasteiger partial charge in [-0.2, -0.15) is 0 Å². The van der Waals surface area contributed by atoms with Gasteiger partial charge in [0.15, 0.2) is 0 Å². The molecule has 0 unspecified atom stereocenters. The highest BCUT2D eigenvalue weighted by atomic mass is 32.2. The van der Waals surface area contributed by atoms with Gasteiger partial charge < -0.3 is 5.32 Å². The summed E-state index contributed by atoms with van der Waals surface area (Å²) in [5.74, 6) is 0.585. The molecular formula is C7H8N6O2S2. The monoisotopic (exact) mass is 272 g/mol. The first kappa shape index (κ1) is 11.7. The Morgan fingerprint density at radius 1 is 1.35 bits per heavy atom. The molecule has 0 aliphatic rings. The summed E-state index contributed by atoms with van der Waals surface area (Å²) in [4.78, 5) is 3.96. The Kier molecular flexibility index (Phi) is 3.15. The molecule has 0 fully saturated rings. The number of hydrogen-bond donors (Lipinski definition) is 2. The van der Waals surface area contributed by atoms with Gasteiger partial charge in [-0.15, -0.1) is 0 Å². The van der Waals surface area contributed by atoms with E-state index in [1.807, 2.05) is 0 Å². The third-order valence-corrected chi connectivity index (χ3v) is 3.79. The first-order valence-corrected chi connectivity index (χ1v) is 6.69. The molecule has 0 spiro atoms. The smallest absolute Gasteiger partial charge is 0.265 e. The fourth-order valence-electron chi connectivity index (χ4n) is 1.03. The molecule has 0 radical (unpaired) electrons. The van der Waals surface area contributed by atoms with Crippen molar-refractivity contribution in [3.63, 3.8) is 0 Å². The van der Waals surface area contributed by atoms with Crippen LogP contribution in [-0.2, 0) is 10.0 Å². The summed E-state index contributed by atoms with van der Waals surface area (Å²) >= 11 is 0.857. The van der Waals surface area contributed by atoms with Crippen LogP contribution in [-0.4, -0.2) is 35.2 Å². The molecule has 2 aromatic rings. The van der Waals surface area contributed by atoms with E-state index in [2.05, 4.69) is 29.8 Å². The van der Waals surface area contributed by atoms with Crippen LogP contribution < -0.4 is 10.0 Å². The normalized spacial score (nSPS) is 11.1. The quantitative estimate of drug-likeness (QED) is 0.816. The van der Waals surface area contributed by atoms with Crippen LogP contribution in [0.25, 0.3) is 0 Å². The Bertz CT molecular complexity index is 579. The van der Waals surface area contributed by atoms with Gasteiger partial charge in [0.1, 0.15) is 10.7 Å². The molecule has 0 atom stereocenters. The van der Waals surface area contributed by atoms with Crippen LogP contribution in [0.3, 0.4) is 0 Å². The SMILES string of the molecule is CNc1ccc(S(=O)(=O)Nc2nnns2)cn1. The van der Waals surface area contributed by atoms with Gasteiger partial charge in [0, 0.05) is 24.8 Å². The van der Waals surface area contributed by atoms with Crippen LogP contribution in [0.4, 0.5) is 10.9 Å². The minimum absolute atomic E-state index is 0.0479. The molecule has 0 amide bonds. The second-order valence-corrected chi connectivity index (χ2v) is 5.32. The second-order valence-electron chi connectivity index (χ2n) is 2.90. The van der Waals surface area contributed by atoms with Crippen molar-refractivity contribution in [2.24, 2.45) is 0 Å². The number of pyridine rings is 1. The van der Waals surface area contributed by atoms with Gasteiger partial charge in [0.05, 0.1) is 0 Å². The zero-order valence-electron chi connectivity index (χ0n) is 8.65. The molecule has 2 N–H and O–H groups in total. The zero-order valence-corrected chi connectivity index (χ0v) is 10.3. The van der Waals surface area contributed by atoms with Crippen LogP contribution >= 0.6 is 11.5 Å². The zero-order chi connectivity index (χ0) is 12.3. The lowest BCUT2D eigenvalue weighted by molar-refractivity contribution is 0.600. The van der Waals surface area contributed by atoms with Gasteiger partial charge >= 0.3 is 0 Å². The molecule has 0 saturated carbocycles. The lowest BCUT2D eigenvalue weighted by atomic mass is 10.5. The second kappa shape index (κ2) is 4.59. The highest BCUT2D eigenvalue weighted by molar-refractivity contribution is 7.92. The van der Waals surface area contributed by atoms with E-state index in [9.17, 15) is 8.42 Å². The highest BCUT2D eigenvalue weighted by Gasteiger charge is 2.16. The summed E-state index contributed by atoms with van der Waals surface area (Å²) in [7, 11) is -1.98. The van der Waals surface area contributed by atoms with Gasteiger partial charge in [-0.3, -0.25) is 4.72 Å². The summed E-state index contributed by atoms with van der Waals surface area (Å²) in [6, 6.07) is 3.00. The van der Waals surface area contributed by atoms with Gasteiger partial charge in [0.25, 0.3) is 10.0 Å². The van der Waals surface area contributed by atoms with E-state index in [0.29, 0.717) is 5.82 Å². The number of anilines is 2. The standard InChI is InChI=1S/C7H8N6O2S2/c1-8-6-3-2-5(4-9-6)17(14,15)11-7-10-12-13-16-7/h2-4H,1H3,(H,8,9)(H,10,11,13). The van der Waals surface area contributed by atoms with Crippen LogP contribution in [0.1, 0.15) is 0 Å². The fourth-order valence-corrected chi connectivity index (χ4v) is 2.56. The molecule has 0 aliphatic heterocycles. The van der Waals surface area contributed by atoms with Crippen LogP contribution in [0.15, 0.2) is 23.2 Å². The first-order valence-electron chi connectivity index (χ1n) is 4.43. The summed E-state index contributed by atoms with van der Waals surface area (Å²) in [6.07, 6.45) is 1.25. The highest BCUT2D eigenvalue weighted by Crippen LogP contribution is 2.15. The number of nitrogens with one attached hydrogen (secondary N) is 2. The molecule has 0 bridgehead atoms. The predicted octanol–water partition coefficient (Wildman–Crippen LogP) is 0.171. The van der Waals surface area contributed by atoms with Crippen molar-refractivity contribution < 1.29 is 8.42 Å². The van der Waals surface area contributed by atoms with Crippen molar-refractivity contribution in [3.05, 3.63) is 18.3 Å². The average molecular weight is 272 g/mol. The van der Waals surface area contributed by atoms with E-state index < -0.39 is 10.0 Å². The molecular weight excluding hydrogens is 264 g/mol. The lowest BCUT2D eigenvalue weighted by Crippen LogP contribution is -2.13. The predicted molar refractivity (Wildman–Crippen MR) is 62.3 cm³/mol. The summed E-state index contributed by atoms with van der Waals surface area (Å²) in [5, 5.41) is 9.70. The minimum Gasteiger partial charge on any atom is -0.373 e. The Hall–Kier alpha value is -1.81. The Labute approximate surface area is 101 Å². The topological polar surface area (TPSA) is 110 Å². The number of aromatic nitrogens is 4. The molecule has 17 heavy (non-hydrogen) atoms. The molecule has 2 aromatic heterocycles. The van der Waals surface area contributed by atoms with Crippen molar-refractivity contribution in [1.82, 2.24) is 19.8 Å². The van der Waals surface area contributed by atoms with Crippen molar-refractivity contribution in [2.45, 2.75) is 4.90 Å².